The van der Waals surface area contributed by atoms with E-state index in [1.807, 2.05) is 97.3 Å². The zero-order valence-corrected chi connectivity index (χ0v) is 23.2. The predicted octanol–water partition coefficient (Wildman–Crippen LogP) is 5.97. The third-order valence-corrected chi connectivity index (χ3v) is 7.66. The lowest BCUT2D eigenvalue weighted by Crippen LogP contribution is -2.32. The molecule has 214 valence electrons. The number of benzene rings is 4. The van der Waals surface area contributed by atoms with Gasteiger partial charge in [0.05, 0.1) is 60.0 Å². The number of nitrogens with one attached hydrogen (secondary N) is 1. The Morgan fingerprint density at radius 3 is 2.35 bits per heavy atom. The van der Waals surface area contributed by atoms with Crippen molar-refractivity contribution in [1.29, 1.82) is 0 Å². The van der Waals surface area contributed by atoms with Crippen LogP contribution in [0.1, 0.15) is 46.0 Å². The van der Waals surface area contributed by atoms with Crippen molar-refractivity contribution in [3.63, 3.8) is 0 Å². The lowest BCUT2D eigenvalue weighted by molar-refractivity contribution is -0.252. The van der Waals surface area contributed by atoms with Crippen LogP contribution in [0.4, 0.5) is 5.69 Å². The van der Waals surface area contributed by atoms with Gasteiger partial charge in [0, 0.05) is 17.7 Å². The molecule has 1 fully saturated rings. The van der Waals surface area contributed by atoms with Crippen LogP contribution in [-0.2, 0) is 22.6 Å². The molecule has 3 atom stereocenters. The average Bonchev–Trinajstić information content (AvgIpc) is 3.47. The van der Waals surface area contributed by atoms with Crippen LogP contribution < -0.4 is 5.32 Å². The van der Waals surface area contributed by atoms with E-state index in [0.717, 1.165) is 33.2 Å². The van der Waals surface area contributed by atoms with Crippen molar-refractivity contribution in [2.75, 3.05) is 5.32 Å². The molecule has 1 amide bonds. The molecule has 6 aromatic rings. The number of para-hydroxylation sites is 4. The lowest BCUT2D eigenvalue weighted by atomic mass is 10.00. The maximum Gasteiger partial charge on any atom is 0.275 e. The zero-order chi connectivity index (χ0) is 29.2. The summed E-state index contributed by atoms with van der Waals surface area (Å²) in [6, 6.07) is 30.7. The Morgan fingerprint density at radius 2 is 1.56 bits per heavy atom. The number of aliphatic hydroxyl groups is 1. The SMILES string of the molecule is O=C(Nc1ccc([C@@H]2O[C@H](Cn3cnc4ccccc43)C[C@H](c3ccc(CO)cc3)O2)cc1)c1cnc2ccccc2n1. The third-order valence-electron chi connectivity index (χ3n) is 7.66. The highest BCUT2D eigenvalue weighted by Gasteiger charge is 2.32. The van der Waals surface area contributed by atoms with Gasteiger partial charge in [0.15, 0.2) is 6.29 Å². The molecular weight excluding hydrogens is 542 g/mol. The second kappa shape index (κ2) is 11.7. The maximum atomic E-state index is 12.9. The Morgan fingerprint density at radius 1 is 0.837 bits per heavy atom. The highest BCUT2D eigenvalue weighted by molar-refractivity contribution is 6.03. The largest absolute Gasteiger partial charge is 0.392 e. The summed E-state index contributed by atoms with van der Waals surface area (Å²) >= 11 is 0. The average molecular weight is 572 g/mol. The molecule has 7 rings (SSSR count). The number of amides is 1. The fourth-order valence-electron chi connectivity index (χ4n) is 5.39. The summed E-state index contributed by atoms with van der Waals surface area (Å²) in [4.78, 5) is 26.2. The van der Waals surface area contributed by atoms with E-state index >= 15 is 0 Å². The minimum atomic E-state index is -0.618. The Kier molecular flexibility index (Phi) is 7.34. The summed E-state index contributed by atoms with van der Waals surface area (Å²) in [5, 5.41) is 12.4. The standard InChI is InChI=1S/C34H29N5O4/c40-20-22-9-11-23(12-10-22)32-17-26(19-39-21-36-29-7-3-4-8-31(29)39)42-34(43-32)24-13-15-25(16-14-24)37-33(41)30-18-35-27-5-1-2-6-28(27)38-30/h1-16,18,21,26,32,34,40H,17,19-20H2,(H,37,41)/t26-,32+,34+/m0/s1. The fraction of sp³-hybridized carbons (Fsp3) is 0.176. The van der Waals surface area contributed by atoms with Crippen LogP contribution in [0.5, 0.6) is 0 Å². The van der Waals surface area contributed by atoms with Crippen LogP contribution in [0.25, 0.3) is 22.1 Å². The van der Waals surface area contributed by atoms with E-state index in [9.17, 15) is 9.90 Å². The Hall–Kier alpha value is -4.96. The number of nitrogens with zero attached hydrogens (tertiary/aromatic N) is 4. The first-order chi connectivity index (χ1) is 21.1. The van der Waals surface area contributed by atoms with Gasteiger partial charge in [-0.25, -0.2) is 9.97 Å². The van der Waals surface area contributed by atoms with Gasteiger partial charge in [-0.2, -0.15) is 0 Å². The van der Waals surface area contributed by atoms with Gasteiger partial charge in [-0.15, -0.1) is 0 Å². The van der Waals surface area contributed by atoms with Gasteiger partial charge in [0.1, 0.15) is 5.69 Å². The molecule has 0 radical (unpaired) electrons. The van der Waals surface area contributed by atoms with Crippen molar-refractivity contribution >= 4 is 33.7 Å². The van der Waals surface area contributed by atoms with Gasteiger partial charge >= 0.3 is 0 Å². The number of ether oxygens (including phenoxy) is 2. The highest BCUT2D eigenvalue weighted by atomic mass is 16.7. The van der Waals surface area contributed by atoms with Gasteiger partial charge in [-0.3, -0.25) is 9.78 Å². The van der Waals surface area contributed by atoms with Crippen molar-refractivity contribution in [3.05, 3.63) is 132 Å². The van der Waals surface area contributed by atoms with Gasteiger partial charge in [-0.05, 0) is 47.5 Å². The van der Waals surface area contributed by atoms with E-state index in [2.05, 4.69) is 30.9 Å². The number of aromatic nitrogens is 4. The van der Waals surface area contributed by atoms with Crippen LogP contribution in [0, 0.1) is 0 Å². The quantitative estimate of drug-likeness (QED) is 0.243. The zero-order valence-electron chi connectivity index (χ0n) is 23.2. The number of rotatable bonds is 7. The number of fused-ring (bicyclic) bond motifs is 2. The van der Waals surface area contributed by atoms with Crippen LogP contribution in [-0.4, -0.2) is 36.6 Å². The van der Waals surface area contributed by atoms with Crippen molar-refractivity contribution < 1.29 is 19.4 Å². The maximum absolute atomic E-state index is 12.9. The molecule has 9 nitrogen and oxygen atoms in total. The Bertz CT molecular complexity index is 1890. The first-order valence-electron chi connectivity index (χ1n) is 14.2. The summed E-state index contributed by atoms with van der Waals surface area (Å²) in [6.45, 7) is 0.608. The minimum absolute atomic E-state index is 0.00973. The summed E-state index contributed by atoms with van der Waals surface area (Å²) in [5.74, 6) is -0.338. The van der Waals surface area contributed by atoms with Crippen LogP contribution in [0.3, 0.4) is 0 Å². The third kappa shape index (κ3) is 5.74. The molecule has 43 heavy (non-hydrogen) atoms. The molecule has 0 spiro atoms. The lowest BCUT2D eigenvalue weighted by Gasteiger charge is -2.36. The summed E-state index contributed by atoms with van der Waals surface area (Å²) in [7, 11) is 0. The van der Waals surface area contributed by atoms with E-state index in [-0.39, 0.29) is 30.4 Å². The first kappa shape index (κ1) is 26.9. The molecule has 2 N–H and O–H groups in total. The second-order valence-corrected chi connectivity index (χ2v) is 10.6. The molecule has 1 aliphatic rings. The van der Waals surface area contributed by atoms with Gasteiger partial charge in [0.25, 0.3) is 5.91 Å². The molecule has 0 aliphatic carbocycles. The predicted molar refractivity (Wildman–Crippen MR) is 162 cm³/mol. The van der Waals surface area contributed by atoms with Crippen LogP contribution in [0.2, 0.25) is 0 Å². The molecule has 0 unspecified atom stereocenters. The van der Waals surface area contributed by atoms with Crippen molar-refractivity contribution in [1.82, 2.24) is 19.5 Å². The second-order valence-electron chi connectivity index (χ2n) is 10.6. The summed E-state index contributed by atoms with van der Waals surface area (Å²) in [6.07, 6.45) is 3.00. The molecular formula is C34H29N5O4. The fourth-order valence-corrected chi connectivity index (χ4v) is 5.39. The van der Waals surface area contributed by atoms with Crippen molar-refractivity contribution in [2.24, 2.45) is 0 Å². The number of imidazole rings is 1. The molecule has 1 aliphatic heterocycles. The van der Waals surface area contributed by atoms with E-state index in [1.165, 1.54) is 6.20 Å². The van der Waals surface area contributed by atoms with Crippen molar-refractivity contribution in [3.8, 4) is 0 Å². The summed E-state index contributed by atoms with van der Waals surface area (Å²) in [5.41, 5.74) is 6.95. The molecule has 9 heteroatoms. The van der Waals surface area contributed by atoms with Crippen molar-refractivity contribution in [2.45, 2.75) is 38.1 Å². The molecule has 4 aromatic carbocycles. The monoisotopic (exact) mass is 571 g/mol. The van der Waals surface area contributed by atoms with Gasteiger partial charge in [-0.1, -0.05) is 60.7 Å². The molecule has 2 aromatic heterocycles. The highest BCUT2D eigenvalue weighted by Crippen LogP contribution is 2.39. The Labute approximate surface area is 247 Å². The Balaban J connectivity index is 1.10. The first-order valence-corrected chi connectivity index (χ1v) is 14.2. The number of aliphatic hydroxyl groups excluding tert-OH is 1. The number of anilines is 1. The number of hydrogen-bond acceptors (Lipinski definition) is 7. The molecule has 3 heterocycles. The van der Waals surface area contributed by atoms with Crippen LogP contribution in [0.15, 0.2) is 110 Å². The normalized spacial score (nSPS) is 18.6. The number of hydrogen-bond donors (Lipinski definition) is 2. The van der Waals surface area contributed by atoms with Gasteiger partial charge < -0.3 is 24.5 Å². The number of carbonyl (C=O) groups is 1. The van der Waals surface area contributed by atoms with Crippen LogP contribution >= 0.6 is 0 Å². The molecule has 1 saturated heterocycles. The molecule has 0 bridgehead atoms. The summed E-state index contributed by atoms with van der Waals surface area (Å²) < 4.78 is 15.1. The number of carbonyl (C=O) groups excluding carboxylic acids is 1. The topological polar surface area (TPSA) is 111 Å². The minimum Gasteiger partial charge on any atom is -0.392 e. The van der Waals surface area contributed by atoms with E-state index in [1.54, 1.807) is 0 Å². The smallest absolute Gasteiger partial charge is 0.275 e. The molecule has 0 saturated carbocycles. The van der Waals surface area contributed by atoms with Gasteiger partial charge in [0.2, 0.25) is 0 Å². The van der Waals surface area contributed by atoms with E-state index < -0.39 is 6.29 Å². The van der Waals surface area contributed by atoms with E-state index in [4.69, 9.17) is 9.47 Å². The van der Waals surface area contributed by atoms with E-state index in [0.29, 0.717) is 24.2 Å².